The summed E-state index contributed by atoms with van der Waals surface area (Å²) >= 11 is 3.55. The molecule has 0 amide bonds. The summed E-state index contributed by atoms with van der Waals surface area (Å²) in [5.74, 6) is 1.97. The van der Waals surface area contributed by atoms with Crippen molar-refractivity contribution in [2.75, 3.05) is 19.5 Å². The number of nitro groups is 1. The van der Waals surface area contributed by atoms with Gasteiger partial charge in [-0.15, -0.1) is 0 Å². The fraction of sp³-hybridized carbons (Fsp3) is 0.182. The lowest BCUT2D eigenvalue weighted by Gasteiger charge is -2.15. The van der Waals surface area contributed by atoms with Gasteiger partial charge in [0.05, 0.1) is 23.6 Å². The summed E-state index contributed by atoms with van der Waals surface area (Å²) in [6.45, 7) is 0.861. The molecule has 3 aromatic carbocycles. The van der Waals surface area contributed by atoms with Crippen LogP contribution >= 0.6 is 15.9 Å². The van der Waals surface area contributed by atoms with Gasteiger partial charge in [0, 0.05) is 24.4 Å². The lowest BCUT2D eigenvalue weighted by Crippen LogP contribution is -2.03. The van der Waals surface area contributed by atoms with E-state index >= 15 is 0 Å². The van der Waals surface area contributed by atoms with Crippen LogP contribution in [-0.2, 0) is 13.2 Å². The zero-order chi connectivity index (χ0) is 21.5. The van der Waals surface area contributed by atoms with Crippen molar-refractivity contribution < 1.29 is 19.1 Å². The van der Waals surface area contributed by atoms with Gasteiger partial charge in [0.1, 0.15) is 12.4 Å². The average molecular weight is 473 g/mol. The smallest absolute Gasteiger partial charge is 0.269 e. The number of methoxy groups -OCH3 is 2. The predicted octanol–water partition coefficient (Wildman–Crippen LogP) is 5.57. The molecule has 7 nitrogen and oxygen atoms in total. The SMILES string of the molecule is COc1ccc(NCc2cc(Br)c(OCc3ccc([N+](=O)[O-])cc3)c(OC)c2)cc1. The van der Waals surface area contributed by atoms with Crippen LogP contribution < -0.4 is 19.5 Å². The van der Waals surface area contributed by atoms with E-state index in [1.54, 1.807) is 26.4 Å². The standard InChI is InChI=1S/C22H21BrN2O5/c1-28-19-9-5-17(6-10-19)24-13-16-11-20(23)22(21(12-16)29-2)30-14-15-3-7-18(8-4-15)25(26)27/h3-12,24H,13-14H2,1-2H3. The van der Waals surface area contributed by atoms with Gasteiger partial charge in [-0.05, 0) is 75.6 Å². The highest BCUT2D eigenvalue weighted by atomic mass is 79.9. The van der Waals surface area contributed by atoms with Crippen LogP contribution in [0, 0.1) is 10.1 Å². The summed E-state index contributed by atoms with van der Waals surface area (Å²) < 4.78 is 17.3. The molecule has 0 bridgehead atoms. The van der Waals surface area contributed by atoms with Crippen LogP contribution in [0.15, 0.2) is 65.1 Å². The van der Waals surface area contributed by atoms with Gasteiger partial charge < -0.3 is 19.5 Å². The van der Waals surface area contributed by atoms with E-state index in [4.69, 9.17) is 14.2 Å². The van der Waals surface area contributed by atoms with Gasteiger partial charge in [0.25, 0.3) is 5.69 Å². The van der Waals surface area contributed by atoms with Gasteiger partial charge >= 0.3 is 0 Å². The normalized spacial score (nSPS) is 10.4. The highest BCUT2D eigenvalue weighted by molar-refractivity contribution is 9.10. The molecule has 0 spiro atoms. The Morgan fingerprint density at radius 2 is 1.67 bits per heavy atom. The molecule has 0 heterocycles. The first-order valence-corrected chi connectivity index (χ1v) is 9.90. The fourth-order valence-electron chi connectivity index (χ4n) is 2.80. The quantitative estimate of drug-likeness (QED) is 0.324. The topological polar surface area (TPSA) is 82.9 Å². The summed E-state index contributed by atoms with van der Waals surface area (Å²) in [7, 11) is 3.22. The number of nitro benzene ring substituents is 1. The van der Waals surface area contributed by atoms with Crippen LogP contribution in [0.5, 0.6) is 17.2 Å². The maximum absolute atomic E-state index is 10.8. The Morgan fingerprint density at radius 1 is 0.967 bits per heavy atom. The van der Waals surface area contributed by atoms with Crippen molar-refractivity contribution in [2.24, 2.45) is 0 Å². The van der Waals surface area contributed by atoms with E-state index in [1.807, 2.05) is 36.4 Å². The van der Waals surface area contributed by atoms with Gasteiger partial charge in [0.15, 0.2) is 11.5 Å². The molecule has 0 aliphatic heterocycles. The van der Waals surface area contributed by atoms with E-state index in [-0.39, 0.29) is 12.3 Å². The first-order chi connectivity index (χ1) is 14.5. The molecule has 0 aliphatic rings. The van der Waals surface area contributed by atoms with Crippen LogP contribution in [0.1, 0.15) is 11.1 Å². The highest BCUT2D eigenvalue weighted by Crippen LogP contribution is 2.37. The third-order valence-electron chi connectivity index (χ3n) is 4.41. The first-order valence-electron chi connectivity index (χ1n) is 9.10. The van der Waals surface area contributed by atoms with Crippen molar-refractivity contribution in [3.05, 3.63) is 86.4 Å². The molecule has 3 rings (SSSR count). The van der Waals surface area contributed by atoms with Crippen molar-refractivity contribution >= 4 is 27.3 Å². The zero-order valence-electron chi connectivity index (χ0n) is 16.6. The molecule has 0 saturated carbocycles. The third-order valence-corrected chi connectivity index (χ3v) is 5.00. The van der Waals surface area contributed by atoms with Gasteiger partial charge in [0.2, 0.25) is 0 Å². The average Bonchev–Trinajstić information content (AvgIpc) is 2.77. The Morgan fingerprint density at radius 3 is 2.27 bits per heavy atom. The third kappa shape index (κ3) is 5.42. The molecular weight excluding hydrogens is 452 g/mol. The maximum atomic E-state index is 10.8. The van der Waals surface area contributed by atoms with E-state index in [0.29, 0.717) is 18.0 Å². The Kier molecular flexibility index (Phi) is 7.13. The monoisotopic (exact) mass is 472 g/mol. The number of non-ortho nitro benzene ring substituents is 1. The van der Waals surface area contributed by atoms with Crippen molar-refractivity contribution in [3.63, 3.8) is 0 Å². The van der Waals surface area contributed by atoms with Gasteiger partial charge in [-0.1, -0.05) is 0 Å². The molecule has 0 fully saturated rings. The molecular formula is C22H21BrN2O5. The van der Waals surface area contributed by atoms with Crippen LogP contribution in [0.25, 0.3) is 0 Å². The number of halogens is 1. The molecule has 0 aliphatic carbocycles. The Hall–Kier alpha value is -3.26. The number of hydrogen-bond acceptors (Lipinski definition) is 6. The van der Waals surface area contributed by atoms with Crippen molar-refractivity contribution in [1.82, 2.24) is 0 Å². The van der Waals surface area contributed by atoms with E-state index in [2.05, 4.69) is 21.2 Å². The number of hydrogen-bond donors (Lipinski definition) is 1. The summed E-state index contributed by atoms with van der Waals surface area (Å²) in [5.41, 5.74) is 2.85. The molecule has 0 aromatic heterocycles. The summed E-state index contributed by atoms with van der Waals surface area (Å²) in [4.78, 5) is 10.3. The molecule has 30 heavy (non-hydrogen) atoms. The van der Waals surface area contributed by atoms with E-state index in [0.717, 1.165) is 27.0 Å². The van der Waals surface area contributed by atoms with Crippen LogP contribution in [-0.4, -0.2) is 19.1 Å². The largest absolute Gasteiger partial charge is 0.497 e. The molecule has 0 saturated heterocycles. The van der Waals surface area contributed by atoms with E-state index < -0.39 is 4.92 Å². The molecule has 8 heteroatoms. The lowest BCUT2D eigenvalue weighted by molar-refractivity contribution is -0.384. The second-order valence-corrected chi connectivity index (χ2v) is 7.26. The molecule has 156 valence electrons. The number of nitrogens with zero attached hydrogens (tertiary/aromatic N) is 1. The molecule has 0 radical (unpaired) electrons. The van der Waals surface area contributed by atoms with Crippen molar-refractivity contribution in [1.29, 1.82) is 0 Å². The van der Waals surface area contributed by atoms with Gasteiger partial charge in [-0.3, -0.25) is 10.1 Å². The number of nitrogens with one attached hydrogen (secondary N) is 1. The predicted molar refractivity (Wildman–Crippen MR) is 118 cm³/mol. The first kappa shape index (κ1) is 21.4. The van der Waals surface area contributed by atoms with E-state index in [9.17, 15) is 10.1 Å². The fourth-order valence-corrected chi connectivity index (χ4v) is 3.40. The number of anilines is 1. The Bertz CT molecular complexity index is 1010. The van der Waals surface area contributed by atoms with Crippen molar-refractivity contribution in [3.8, 4) is 17.2 Å². The molecule has 3 aromatic rings. The summed E-state index contributed by atoms with van der Waals surface area (Å²) in [6.07, 6.45) is 0. The van der Waals surface area contributed by atoms with E-state index in [1.165, 1.54) is 12.1 Å². The van der Waals surface area contributed by atoms with Crippen molar-refractivity contribution in [2.45, 2.75) is 13.2 Å². The molecule has 0 atom stereocenters. The lowest BCUT2D eigenvalue weighted by atomic mass is 10.2. The summed E-state index contributed by atoms with van der Waals surface area (Å²) in [5, 5.41) is 14.1. The van der Waals surface area contributed by atoms with Gasteiger partial charge in [-0.25, -0.2) is 0 Å². The zero-order valence-corrected chi connectivity index (χ0v) is 18.1. The number of rotatable bonds is 9. The maximum Gasteiger partial charge on any atom is 0.269 e. The minimum Gasteiger partial charge on any atom is -0.497 e. The second kappa shape index (κ2) is 9.98. The van der Waals surface area contributed by atoms with Crippen LogP contribution in [0.4, 0.5) is 11.4 Å². The molecule has 0 unspecified atom stereocenters. The summed E-state index contributed by atoms with van der Waals surface area (Å²) in [6, 6.07) is 17.8. The Balaban J connectivity index is 1.67. The van der Waals surface area contributed by atoms with Crippen LogP contribution in [0.2, 0.25) is 0 Å². The minimum absolute atomic E-state index is 0.0474. The highest BCUT2D eigenvalue weighted by Gasteiger charge is 2.13. The van der Waals surface area contributed by atoms with Gasteiger partial charge in [-0.2, -0.15) is 0 Å². The minimum atomic E-state index is -0.428. The van der Waals surface area contributed by atoms with Crippen LogP contribution in [0.3, 0.4) is 0 Å². The number of benzene rings is 3. The number of ether oxygens (including phenoxy) is 3. The Labute approximate surface area is 182 Å². The molecule has 1 N–H and O–H groups in total. The second-order valence-electron chi connectivity index (χ2n) is 6.40.